The first-order chi connectivity index (χ1) is 5.57. The van der Waals surface area contributed by atoms with E-state index >= 15 is 0 Å². The molecule has 0 bridgehead atoms. The molecule has 12 heavy (non-hydrogen) atoms. The molecule has 68 valence electrons. The standard InChI is InChI=1S/C7H12N2O3/c1-3-12-6(10)5(2)4-9-7(8)11/h4H,3H2,1-2H3,(H3,8,9,11). The van der Waals surface area contributed by atoms with Gasteiger partial charge in [0, 0.05) is 6.20 Å². The molecule has 0 saturated heterocycles. The number of carbonyl (C=O) groups is 2. The van der Waals surface area contributed by atoms with Crippen molar-refractivity contribution >= 4 is 12.0 Å². The Labute approximate surface area is 70.6 Å². The maximum atomic E-state index is 10.9. The van der Waals surface area contributed by atoms with Crippen molar-refractivity contribution in [3.63, 3.8) is 0 Å². The molecule has 0 saturated carbocycles. The molecule has 0 fully saturated rings. The van der Waals surface area contributed by atoms with E-state index in [1.54, 1.807) is 6.92 Å². The molecular formula is C7H12N2O3. The van der Waals surface area contributed by atoms with E-state index in [2.05, 4.69) is 10.1 Å². The monoisotopic (exact) mass is 172 g/mol. The number of urea groups is 1. The molecule has 0 unspecified atom stereocenters. The molecular weight excluding hydrogens is 160 g/mol. The van der Waals surface area contributed by atoms with Gasteiger partial charge in [0.15, 0.2) is 0 Å². The highest BCUT2D eigenvalue weighted by Gasteiger charge is 2.03. The molecule has 0 aromatic carbocycles. The van der Waals surface area contributed by atoms with Crippen molar-refractivity contribution in [3.8, 4) is 0 Å². The lowest BCUT2D eigenvalue weighted by atomic mass is 10.3. The topological polar surface area (TPSA) is 81.4 Å². The third-order valence-corrected chi connectivity index (χ3v) is 1.03. The molecule has 2 amide bonds. The summed E-state index contributed by atoms with van der Waals surface area (Å²) in [6, 6.07) is -0.710. The molecule has 0 atom stereocenters. The molecule has 0 aliphatic rings. The summed E-state index contributed by atoms with van der Waals surface area (Å²) in [6.45, 7) is 3.53. The fourth-order valence-corrected chi connectivity index (χ4v) is 0.483. The lowest BCUT2D eigenvalue weighted by molar-refractivity contribution is -0.138. The third-order valence-electron chi connectivity index (χ3n) is 1.03. The summed E-state index contributed by atoms with van der Waals surface area (Å²) in [5.74, 6) is -0.466. The van der Waals surface area contributed by atoms with E-state index in [-0.39, 0.29) is 0 Å². The van der Waals surface area contributed by atoms with E-state index in [1.807, 2.05) is 0 Å². The molecule has 0 aliphatic carbocycles. The van der Waals surface area contributed by atoms with Gasteiger partial charge in [0.25, 0.3) is 0 Å². The highest BCUT2D eigenvalue weighted by molar-refractivity contribution is 5.88. The number of amides is 2. The Balaban J connectivity index is 3.99. The van der Waals surface area contributed by atoms with Gasteiger partial charge in [0.2, 0.25) is 0 Å². The SMILES string of the molecule is CCOC(=O)C(C)=CNC(N)=O. The van der Waals surface area contributed by atoms with Crippen LogP contribution in [0.5, 0.6) is 0 Å². The van der Waals surface area contributed by atoms with E-state index < -0.39 is 12.0 Å². The number of primary amides is 1. The number of hydrogen-bond acceptors (Lipinski definition) is 3. The van der Waals surface area contributed by atoms with Crippen molar-refractivity contribution in [3.05, 3.63) is 11.8 Å². The van der Waals surface area contributed by atoms with E-state index in [0.717, 1.165) is 0 Å². The van der Waals surface area contributed by atoms with Crippen LogP contribution >= 0.6 is 0 Å². The Hall–Kier alpha value is -1.52. The van der Waals surface area contributed by atoms with Crippen LogP contribution in [0.3, 0.4) is 0 Å². The van der Waals surface area contributed by atoms with Gasteiger partial charge in [-0.15, -0.1) is 0 Å². The zero-order valence-electron chi connectivity index (χ0n) is 7.09. The Morgan fingerprint density at radius 1 is 1.58 bits per heavy atom. The van der Waals surface area contributed by atoms with Crippen LogP contribution in [-0.2, 0) is 9.53 Å². The molecule has 0 heterocycles. The lowest BCUT2D eigenvalue weighted by Gasteiger charge is -2.00. The van der Waals surface area contributed by atoms with Gasteiger partial charge in [0.1, 0.15) is 0 Å². The minimum Gasteiger partial charge on any atom is -0.463 e. The Morgan fingerprint density at radius 2 is 2.17 bits per heavy atom. The van der Waals surface area contributed by atoms with Crippen LogP contribution in [0.4, 0.5) is 4.79 Å². The van der Waals surface area contributed by atoms with Gasteiger partial charge in [-0.05, 0) is 13.8 Å². The summed E-state index contributed by atoms with van der Waals surface area (Å²) in [4.78, 5) is 21.1. The summed E-state index contributed by atoms with van der Waals surface area (Å²) in [7, 11) is 0. The minimum atomic E-state index is -0.710. The van der Waals surface area contributed by atoms with Crippen LogP contribution in [0.15, 0.2) is 11.8 Å². The van der Waals surface area contributed by atoms with E-state index in [1.165, 1.54) is 13.1 Å². The summed E-state index contributed by atoms with van der Waals surface area (Å²) >= 11 is 0. The summed E-state index contributed by atoms with van der Waals surface area (Å²) in [6.07, 6.45) is 1.21. The summed E-state index contributed by atoms with van der Waals surface area (Å²) in [5, 5.41) is 2.16. The normalized spacial score (nSPS) is 10.7. The zero-order valence-corrected chi connectivity index (χ0v) is 7.09. The molecule has 0 aromatic heterocycles. The molecule has 3 N–H and O–H groups in total. The highest BCUT2D eigenvalue weighted by atomic mass is 16.5. The largest absolute Gasteiger partial charge is 0.463 e. The van der Waals surface area contributed by atoms with E-state index in [4.69, 9.17) is 5.73 Å². The number of ether oxygens (including phenoxy) is 1. The Bertz CT molecular complexity index is 211. The molecule has 0 spiro atoms. The zero-order chi connectivity index (χ0) is 9.56. The van der Waals surface area contributed by atoms with Crippen molar-refractivity contribution in [2.75, 3.05) is 6.61 Å². The first kappa shape index (κ1) is 10.5. The van der Waals surface area contributed by atoms with Crippen LogP contribution in [0, 0.1) is 0 Å². The number of carbonyl (C=O) groups excluding carboxylic acids is 2. The predicted molar refractivity (Wildman–Crippen MR) is 43.1 cm³/mol. The van der Waals surface area contributed by atoms with Crippen molar-refractivity contribution in [1.29, 1.82) is 0 Å². The molecule has 5 heteroatoms. The van der Waals surface area contributed by atoms with Gasteiger partial charge in [0.05, 0.1) is 12.2 Å². The highest BCUT2D eigenvalue weighted by Crippen LogP contribution is 1.93. The van der Waals surface area contributed by atoms with Crippen molar-refractivity contribution in [2.24, 2.45) is 5.73 Å². The van der Waals surface area contributed by atoms with E-state index in [9.17, 15) is 9.59 Å². The number of hydrogen-bond donors (Lipinski definition) is 2. The van der Waals surface area contributed by atoms with Gasteiger partial charge >= 0.3 is 12.0 Å². The van der Waals surface area contributed by atoms with Gasteiger partial charge in [-0.1, -0.05) is 0 Å². The van der Waals surface area contributed by atoms with Crippen LogP contribution in [0.2, 0.25) is 0 Å². The number of nitrogens with two attached hydrogens (primary N) is 1. The average Bonchev–Trinajstić information content (AvgIpc) is 2.00. The van der Waals surface area contributed by atoms with Crippen molar-refractivity contribution in [1.82, 2.24) is 5.32 Å². The number of esters is 1. The second-order valence-electron chi connectivity index (χ2n) is 2.06. The van der Waals surface area contributed by atoms with Crippen molar-refractivity contribution < 1.29 is 14.3 Å². The maximum Gasteiger partial charge on any atom is 0.335 e. The molecule has 5 nitrogen and oxygen atoms in total. The fourth-order valence-electron chi connectivity index (χ4n) is 0.483. The Morgan fingerprint density at radius 3 is 2.58 bits per heavy atom. The van der Waals surface area contributed by atoms with Gasteiger partial charge < -0.3 is 15.8 Å². The Kier molecular flexibility index (Phi) is 4.52. The lowest BCUT2D eigenvalue weighted by Crippen LogP contribution is -2.25. The molecule has 0 radical (unpaired) electrons. The van der Waals surface area contributed by atoms with Gasteiger partial charge in [-0.3, -0.25) is 0 Å². The first-order valence-corrected chi connectivity index (χ1v) is 3.47. The second kappa shape index (κ2) is 5.17. The van der Waals surface area contributed by atoms with Gasteiger partial charge in [-0.2, -0.15) is 0 Å². The molecule has 0 rings (SSSR count). The van der Waals surface area contributed by atoms with Crippen LogP contribution in [0.25, 0.3) is 0 Å². The smallest absolute Gasteiger partial charge is 0.335 e. The van der Waals surface area contributed by atoms with Gasteiger partial charge in [-0.25, -0.2) is 9.59 Å². The quantitative estimate of drug-likeness (QED) is 0.468. The van der Waals surface area contributed by atoms with Crippen LogP contribution in [-0.4, -0.2) is 18.6 Å². The fraction of sp³-hybridized carbons (Fsp3) is 0.429. The van der Waals surface area contributed by atoms with Crippen molar-refractivity contribution in [2.45, 2.75) is 13.8 Å². The average molecular weight is 172 g/mol. The summed E-state index contributed by atoms with van der Waals surface area (Å²) < 4.78 is 4.64. The second-order valence-corrected chi connectivity index (χ2v) is 2.06. The van der Waals surface area contributed by atoms with E-state index in [0.29, 0.717) is 12.2 Å². The first-order valence-electron chi connectivity index (χ1n) is 3.47. The minimum absolute atomic E-state index is 0.302. The predicted octanol–water partition coefficient (Wildman–Crippen LogP) is 0.122. The summed E-state index contributed by atoms with van der Waals surface area (Å²) in [5.41, 5.74) is 5.07. The molecule has 0 aliphatic heterocycles. The number of rotatable bonds is 3. The van der Waals surface area contributed by atoms with Crippen LogP contribution in [0.1, 0.15) is 13.8 Å². The van der Waals surface area contributed by atoms with Crippen LogP contribution < -0.4 is 11.1 Å². The third kappa shape index (κ3) is 4.32. The number of nitrogens with one attached hydrogen (secondary N) is 1. The molecule has 0 aromatic rings. The maximum absolute atomic E-state index is 10.9.